The fraction of sp³-hybridized carbons (Fsp3) is 0.400. The van der Waals surface area contributed by atoms with Gasteiger partial charge in [-0.1, -0.05) is 67.8 Å². The molecule has 0 radical (unpaired) electrons. The number of carbonyl (C=O) groups is 1. The highest BCUT2D eigenvalue weighted by Crippen LogP contribution is 2.52. The standard InChI is InChI=1S/C25H28N4O/c26-23(30)25(15-7-10-21-22(25)28-18-27-21)24(13-5-2-6-14-24)29-16-11-20(12-17-29)19-8-3-1-4-9-19/h1,3-4,7-11,15,18H,2,5-6,12-14,16-17H2,(H2,26,30). The van der Waals surface area contributed by atoms with Gasteiger partial charge in [-0.25, -0.2) is 9.98 Å². The number of nitrogens with zero attached hydrogens (tertiary/aromatic N) is 3. The van der Waals surface area contributed by atoms with Gasteiger partial charge in [0.25, 0.3) is 0 Å². The van der Waals surface area contributed by atoms with E-state index in [9.17, 15) is 4.79 Å². The van der Waals surface area contributed by atoms with Gasteiger partial charge in [0.2, 0.25) is 5.91 Å². The number of hydrogen-bond donors (Lipinski definition) is 1. The molecule has 2 N–H and O–H groups in total. The van der Waals surface area contributed by atoms with Gasteiger partial charge in [0, 0.05) is 18.6 Å². The van der Waals surface area contributed by atoms with Crippen molar-refractivity contribution in [3.8, 4) is 0 Å². The molecule has 2 heterocycles. The van der Waals surface area contributed by atoms with Crippen molar-refractivity contribution in [2.24, 2.45) is 21.1 Å². The highest BCUT2D eigenvalue weighted by Gasteiger charge is 2.61. The van der Waals surface area contributed by atoms with E-state index in [0.717, 1.165) is 56.6 Å². The quantitative estimate of drug-likeness (QED) is 0.833. The number of allylic oxidation sites excluding steroid dienone is 3. The van der Waals surface area contributed by atoms with E-state index in [1.54, 1.807) is 6.34 Å². The fourth-order valence-corrected chi connectivity index (χ4v) is 5.94. The Morgan fingerprint density at radius 2 is 1.90 bits per heavy atom. The van der Waals surface area contributed by atoms with Crippen molar-refractivity contribution in [2.45, 2.75) is 44.1 Å². The molecule has 154 valence electrons. The van der Waals surface area contributed by atoms with Crippen molar-refractivity contribution in [1.29, 1.82) is 0 Å². The van der Waals surface area contributed by atoms with Gasteiger partial charge in [-0.2, -0.15) is 0 Å². The van der Waals surface area contributed by atoms with Crippen LogP contribution in [0, 0.1) is 5.41 Å². The van der Waals surface area contributed by atoms with E-state index in [4.69, 9.17) is 5.73 Å². The van der Waals surface area contributed by atoms with E-state index in [1.807, 2.05) is 18.2 Å². The minimum Gasteiger partial charge on any atom is -0.369 e. The number of nitrogens with two attached hydrogens (primary N) is 1. The van der Waals surface area contributed by atoms with Crippen LogP contribution < -0.4 is 5.73 Å². The van der Waals surface area contributed by atoms with E-state index in [-0.39, 0.29) is 11.4 Å². The molecular weight excluding hydrogens is 372 g/mol. The molecule has 0 saturated heterocycles. The number of rotatable bonds is 4. The van der Waals surface area contributed by atoms with E-state index < -0.39 is 5.41 Å². The summed E-state index contributed by atoms with van der Waals surface area (Å²) in [6.07, 6.45) is 16.0. The summed E-state index contributed by atoms with van der Waals surface area (Å²) in [5, 5.41) is 0. The van der Waals surface area contributed by atoms with Crippen molar-refractivity contribution < 1.29 is 4.79 Å². The number of aliphatic imine (C=N–C) groups is 2. The minimum atomic E-state index is -0.938. The maximum absolute atomic E-state index is 13.2. The van der Waals surface area contributed by atoms with Crippen LogP contribution in [0.4, 0.5) is 0 Å². The second-order valence-electron chi connectivity index (χ2n) is 8.69. The molecular formula is C25H28N4O. The molecule has 1 saturated carbocycles. The lowest BCUT2D eigenvalue weighted by Crippen LogP contribution is -2.68. The highest BCUT2D eigenvalue weighted by atomic mass is 16.1. The van der Waals surface area contributed by atoms with Crippen molar-refractivity contribution in [3.05, 3.63) is 65.9 Å². The molecule has 0 aromatic heterocycles. The molecule has 5 nitrogen and oxygen atoms in total. The van der Waals surface area contributed by atoms with Crippen LogP contribution >= 0.6 is 0 Å². The van der Waals surface area contributed by atoms with Gasteiger partial charge in [0.1, 0.15) is 11.8 Å². The van der Waals surface area contributed by atoms with Gasteiger partial charge < -0.3 is 5.73 Å². The topological polar surface area (TPSA) is 71.1 Å². The Balaban J connectivity index is 1.56. The summed E-state index contributed by atoms with van der Waals surface area (Å²) in [5.74, 6) is -0.312. The summed E-state index contributed by atoms with van der Waals surface area (Å²) in [6, 6.07) is 10.6. The van der Waals surface area contributed by atoms with Gasteiger partial charge >= 0.3 is 0 Å². The van der Waals surface area contributed by atoms with E-state index in [2.05, 4.69) is 51.3 Å². The molecule has 2 aliphatic carbocycles. The molecule has 30 heavy (non-hydrogen) atoms. The molecule has 1 atom stereocenters. The van der Waals surface area contributed by atoms with Gasteiger partial charge in [-0.05, 0) is 36.5 Å². The summed E-state index contributed by atoms with van der Waals surface area (Å²) in [4.78, 5) is 24.7. The zero-order valence-electron chi connectivity index (χ0n) is 17.3. The van der Waals surface area contributed by atoms with Crippen molar-refractivity contribution in [3.63, 3.8) is 0 Å². The van der Waals surface area contributed by atoms with E-state index in [0.29, 0.717) is 0 Å². The molecule has 0 spiro atoms. The maximum Gasteiger partial charge on any atom is 0.235 e. The van der Waals surface area contributed by atoms with Gasteiger partial charge in [-0.3, -0.25) is 9.69 Å². The summed E-state index contributed by atoms with van der Waals surface area (Å²) in [7, 11) is 0. The van der Waals surface area contributed by atoms with Gasteiger partial charge in [0.15, 0.2) is 0 Å². The van der Waals surface area contributed by atoms with E-state index in [1.165, 1.54) is 17.6 Å². The molecule has 1 aromatic carbocycles. The number of primary amides is 1. The van der Waals surface area contributed by atoms with Crippen LogP contribution in [0.2, 0.25) is 0 Å². The van der Waals surface area contributed by atoms with Crippen LogP contribution in [-0.2, 0) is 4.79 Å². The molecule has 1 unspecified atom stereocenters. The smallest absolute Gasteiger partial charge is 0.235 e. The van der Waals surface area contributed by atoms with Crippen molar-refractivity contribution in [2.75, 3.05) is 13.1 Å². The molecule has 0 bridgehead atoms. The predicted molar refractivity (Wildman–Crippen MR) is 121 cm³/mol. The Morgan fingerprint density at radius 3 is 2.60 bits per heavy atom. The van der Waals surface area contributed by atoms with Crippen molar-refractivity contribution >= 4 is 23.5 Å². The number of hydrogen-bond acceptors (Lipinski definition) is 4. The number of fused-ring (bicyclic) bond motifs is 1. The third-order valence-corrected chi connectivity index (χ3v) is 7.36. The largest absolute Gasteiger partial charge is 0.369 e. The summed E-state index contributed by atoms with van der Waals surface area (Å²) in [6.45, 7) is 1.73. The highest BCUT2D eigenvalue weighted by molar-refractivity contribution is 6.23. The SMILES string of the molecule is NC(=O)C1(C2(N3CC=C(c4ccccc4)CC3)CCCCC2)C=CC=C2N=CN=C21. The zero-order valence-corrected chi connectivity index (χ0v) is 17.3. The molecule has 1 aromatic rings. The van der Waals surface area contributed by atoms with Crippen LogP contribution in [0.15, 0.2) is 70.3 Å². The van der Waals surface area contributed by atoms with Gasteiger partial charge in [-0.15, -0.1) is 0 Å². The minimum absolute atomic E-state index is 0.312. The average Bonchev–Trinajstić information content (AvgIpc) is 3.29. The first-order valence-corrected chi connectivity index (χ1v) is 11.0. The Morgan fingerprint density at radius 1 is 1.10 bits per heavy atom. The third kappa shape index (κ3) is 2.76. The third-order valence-electron chi connectivity index (χ3n) is 7.36. The molecule has 4 aliphatic rings. The number of amides is 1. The average molecular weight is 401 g/mol. The summed E-state index contributed by atoms with van der Waals surface area (Å²) < 4.78 is 0. The fourth-order valence-electron chi connectivity index (χ4n) is 5.94. The summed E-state index contributed by atoms with van der Waals surface area (Å²) in [5.41, 5.74) is 9.08. The van der Waals surface area contributed by atoms with Crippen LogP contribution in [0.3, 0.4) is 0 Å². The molecule has 5 heteroatoms. The van der Waals surface area contributed by atoms with Crippen LogP contribution in [0.25, 0.3) is 5.57 Å². The maximum atomic E-state index is 13.2. The Labute approximate surface area is 177 Å². The predicted octanol–water partition coefficient (Wildman–Crippen LogP) is 3.89. The number of benzene rings is 1. The Kier molecular flexibility index (Phi) is 4.78. The van der Waals surface area contributed by atoms with Crippen molar-refractivity contribution in [1.82, 2.24) is 4.90 Å². The van der Waals surface area contributed by atoms with E-state index >= 15 is 0 Å². The zero-order chi connectivity index (χ0) is 20.6. The first kappa shape index (κ1) is 19.2. The molecule has 5 rings (SSSR count). The molecule has 1 amide bonds. The van der Waals surface area contributed by atoms with Crippen LogP contribution in [-0.4, -0.2) is 41.5 Å². The van der Waals surface area contributed by atoms with Gasteiger partial charge in [0.05, 0.1) is 11.4 Å². The van der Waals surface area contributed by atoms with Crippen LogP contribution in [0.1, 0.15) is 44.1 Å². The lowest BCUT2D eigenvalue weighted by atomic mass is 9.57. The lowest BCUT2D eigenvalue weighted by molar-refractivity contribution is -0.130. The second kappa shape index (κ2) is 7.47. The first-order valence-electron chi connectivity index (χ1n) is 11.0. The van der Waals surface area contributed by atoms with Crippen LogP contribution in [0.5, 0.6) is 0 Å². The monoisotopic (exact) mass is 400 g/mol. The second-order valence-corrected chi connectivity index (χ2v) is 8.69. The Bertz CT molecular complexity index is 995. The summed E-state index contributed by atoms with van der Waals surface area (Å²) >= 11 is 0. The normalized spacial score (nSPS) is 27.8. The lowest BCUT2D eigenvalue weighted by Gasteiger charge is -2.56. The first-order chi connectivity index (χ1) is 14.7. The number of carbonyl (C=O) groups excluding carboxylic acids is 1. The molecule has 1 fully saturated rings. The molecule has 2 aliphatic heterocycles. The Hall–Kier alpha value is -2.79.